The molecule has 2 aromatic carbocycles. The number of allylic oxidation sites excluding steroid dienone is 1. The molecule has 1 aliphatic rings. The maximum absolute atomic E-state index is 12.6. The van der Waals surface area contributed by atoms with E-state index < -0.39 is 24.0 Å². The van der Waals surface area contributed by atoms with E-state index in [1.54, 1.807) is 12.1 Å². The van der Waals surface area contributed by atoms with Gasteiger partial charge in [-0.3, -0.25) is 0 Å². The predicted octanol–water partition coefficient (Wildman–Crippen LogP) is 4.80. The number of hydrogen-bond acceptors (Lipinski definition) is 6. The van der Waals surface area contributed by atoms with Crippen LogP contribution in [0.4, 0.5) is 4.79 Å². The van der Waals surface area contributed by atoms with Crippen molar-refractivity contribution < 1.29 is 28.6 Å². The summed E-state index contributed by atoms with van der Waals surface area (Å²) in [5.41, 5.74) is 1.46. The summed E-state index contributed by atoms with van der Waals surface area (Å²) in [5.74, 6) is -0.907. The first-order chi connectivity index (χ1) is 15.8. The van der Waals surface area contributed by atoms with E-state index in [4.69, 9.17) is 37.4 Å². The van der Waals surface area contributed by atoms with Crippen LogP contribution in [-0.2, 0) is 9.53 Å². The minimum atomic E-state index is -0.780. The second-order valence-corrected chi connectivity index (χ2v) is 7.93. The topological polar surface area (TPSA) is 103 Å². The van der Waals surface area contributed by atoms with Gasteiger partial charge in [-0.25, -0.2) is 14.4 Å². The number of hydrogen-bond donors (Lipinski definition) is 2. The fraction of sp³-hybridized carbons (Fsp3) is 0.261. The number of benzene rings is 2. The number of amides is 2. The average Bonchev–Trinajstić information content (AvgIpc) is 2.78. The lowest BCUT2D eigenvalue weighted by Crippen LogP contribution is -2.45. The van der Waals surface area contributed by atoms with Crippen LogP contribution in [0, 0.1) is 0 Å². The van der Waals surface area contributed by atoms with E-state index in [1.807, 2.05) is 6.92 Å². The molecule has 2 aromatic rings. The summed E-state index contributed by atoms with van der Waals surface area (Å²) in [6, 6.07) is 7.92. The van der Waals surface area contributed by atoms with Gasteiger partial charge in [0.25, 0.3) is 0 Å². The highest BCUT2D eigenvalue weighted by Gasteiger charge is 2.33. The smallest absolute Gasteiger partial charge is 0.345 e. The number of urea groups is 1. The van der Waals surface area contributed by atoms with Crippen LogP contribution < -0.4 is 20.1 Å². The fourth-order valence-corrected chi connectivity index (χ4v) is 3.91. The monoisotopic (exact) mass is 492 g/mol. The molecule has 0 saturated carbocycles. The highest BCUT2D eigenvalue weighted by molar-refractivity contribution is 6.36. The van der Waals surface area contributed by atoms with Crippen molar-refractivity contribution in [1.29, 1.82) is 0 Å². The first kappa shape index (κ1) is 24.4. The van der Waals surface area contributed by atoms with Crippen molar-refractivity contribution in [3.63, 3.8) is 0 Å². The lowest BCUT2D eigenvalue weighted by atomic mass is 9.93. The predicted molar refractivity (Wildman–Crippen MR) is 123 cm³/mol. The Hall–Kier alpha value is -3.23. The van der Waals surface area contributed by atoms with Crippen molar-refractivity contribution in [2.24, 2.45) is 0 Å². The van der Waals surface area contributed by atoms with Crippen molar-refractivity contribution in [3.05, 3.63) is 68.8 Å². The molecule has 1 atom stereocenters. The molecule has 0 bridgehead atoms. The summed E-state index contributed by atoms with van der Waals surface area (Å²) in [6.07, 6.45) is 1.21. The zero-order valence-electron chi connectivity index (χ0n) is 18.2. The molecule has 1 aliphatic heterocycles. The van der Waals surface area contributed by atoms with E-state index in [1.165, 1.54) is 38.5 Å². The van der Waals surface area contributed by atoms with Crippen molar-refractivity contribution in [3.8, 4) is 11.5 Å². The van der Waals surface area contributed by atoms with Gasteiger partial charge in [-0.05, 0) is 42.3 Å². The summed E-state index contributed by atoms with van der Waals surface area (Å²) in [5, 5.41) is 5.95. The van der Waals surface area contributed by atoms with Crippen molar-refractivity contribution in [2.45, 2.75) is 25.8 Å². The number of carbonyl (C=O) groups is 3. The number of ether oxygens (including phenoxy) is 3. The molecule has 174 valence electrons. The molecule has 1 heterocycles. The Kier molecular flexibility index (Phi) is 7.84. The molecule has 8 nitrogen and oxygen atoms in total. The lowest BCUT2D eigenvalue weighted by Gasteiger charge is -2.29. The Labute approximate surface area is 200 Å². The molecular formula is C23H22Cl2N2O6. The van der Waals surface area contributed by atoms with Gasteiger partial charge in [-0.15, -0.1) is 0 Å². The third kappa shape index (κ3) is 5.40. The summed E-state index contributed by atoms with van der Waals surface area (Å²) in [4.78, 5) is 37.4. The fourth-order valence-electron chi connectivity index (χ4n) is 3.42. The van der Waals surface area contributed by atoms with Crippen molar-refractivity contribution in [2.75, 3.05) is 14.2 Å². The zero-order valence-corrected chi connectivity index (χ0v) is 19.7. The Morgan fingerprint density at radius 2 is 1.79 bits per heavy atom. The first-order valence-electron chi connectivity index (χ1n) is 10.0. The molecule has 33 heavy (non-hydrogen) atoms. The number of nitrogens with one attached hydrogen (secondary N) is 2. The molecular weight excluding hydrogens is 471 g/mol. The molecule has 0 spiro atoms. The van der Waals surface area contributed by atoms with E-state index in [9.17, 15) is 14.4 Å². The Morgan fingerprint density at radius 3 is 2.42 bits per heavy atom. The van der Waals surface area contributed by atoms with Crippen LogP contribution in [0.25, 0.3) is 0 Å². The summed E-state index contributed by atoms with van der Waals surface area (Å²) in [7, 11) is 2.68. The number of esters is 2. The molecule has 0 aromatic heterocycles. The van der Waals surface area contributed by atoms with Gasteiger partial charge in [0, 0.05) is 10.7 Å². The normalized spacial score (nSPS) is 15.4. The maximum Gasteiger partial charge on any atom is 0.345 e. The van der Waals surface area contributed by atoms with Gasteiger partial charge in [0.2, 0.25) is 0 Å². The third-order valence-electron chi connectivity index (χ3n) is 4.93. The van der Waals surface area contributed by atoms with Crippen molar-refractivity contribution >= 4 is 41.2 Å². The quantitative estimate of drug-likeness (QED) is 0.424. The highest BCUT2D eigenvalue weighted by Crippen LogP contribution is 2.36. The number of carbonyl (C=O) groups excluding carboxylic acids is 3. The van der Waals surface area contributed by atoms with E-state index in [-0.39, 0.29) is 22.1 Å². The Morgan fingerprint density at radius 1 is 1.03 bits per heavy atom. The van der Waals surface area contributed by atoms with E-state index in [0.717, 1.165) is 0 Å². The molecule has 0 aliphatic carbocycles. The summed E-state index contributed by atoms with van der Waals surface area (Å²) < 4.78 is 15.8. The van der Waals surface area contributed by atoms with Crippen molar-refractivity contribution in [1.82, 2.24) is 10.6 Å². The Balaban J connectivity index is 1.96. The molecule has 0 radical (unpaired) electrons. The summed E-state index contributed by atoms with van der Waals surface area (Å²) in [6.45, 7) is 1.93. The van der Waals surface area contributed by atoms with E-state index in [0.29, 0.717) is 34.7 Å². The van der Waals surface area contributed by atoms with Crippen LogP contribution in [0.2, 0.25) is 10.0 Å². The van der Waals surface area contributed by atoms with Gasteiger partial charge in [-0.1, -0.05) is 42.6 Å². The van der Waals surface area contributed by atoms with Crippen LogP contribution in [0.3, 0.4) is 0 Å². The van der Waals surface area contributed by atoms with Crippen LogP contribution in [-0.4, -0.2) is 32.2 Å². The molecule has 1 unspecified atom stereocenters. The first-order valence-corrected chi connectivity index (χ1v) is 10.8. The van der Waals surface area contributed by atoms with E-state index >= 15 is 0 Å². The highest BCUT2D eigenvalue weighted by atomic mass is 35.5. The molecule has 3 rings (SSSR count). The van der Waals surface area contributed by atoms with E-state index in [2.05, 4.69) is 10.6 Å². The van der Waals surface area contributed by atoms with Gasteiger partial charge in [0.05, 0.1) is 36.4 Å². The minimum Gasteiger partial charge on any atom is -0.493 e. The maximum atomic E-state index is 12.6. The molecule has 10 heteroatoms. The second kappa shape index (κ2) is 10.6. The van der Waals surface area contributed by atoms with Gasteiger partial charge in [-0.2, -0.15) is 0 Å². The molecule has 0 fully saturated rings. The second-order valence-electron chi connectivity index (χ2n) is 7.09. The van der Waals surface area contributed by atoms with Gasteiger partial charge in [0.15, 0.2) is 11.5 Å². The summed E-state index contributed by atoms with van der Waals surface area (Å²) >= 11 is 12.0. The molecule has 2 N–H and O–H groups in total. The standard InChI is InChI=1S/C23H22Cl2N2O6/c1-4-5-16-19(22(29)32-3)20(27-23(30)26-16)12-6-9-17(18(10-12)31-2)33-21(28)14-8-7-13(24)11-15(14)25/h6-11,20H,4-5H2,1-3H3,(H2,26,27,30). The van der Waals surface area contributed by atoms with Crippen LogP contribution in [0.5, 0.6) is 11.5 Å². The number of methoxy groups -OCH3 is 2. The molecule has 2 amide bonds. The third-order valence-corrected chi connectivity index (χ3v) is 5.48. The van der Waals surface area contributed by atoms with Gasteiger partial charge >= 0.3 is 18.0 Å². The largest absolute Gasteiger partial charge is 0.493 e. The van der Waals surface area contributed by atoms with Crippen LogP contribution in [0.15, 0.2) is 47.7 Å². The lowest BCUT2D eigenvalue weighted by molar-refractivity contribution is -0.136. The van der Waals surface area contributed by atoms with Crippen LogP contribution >= 0.6 is 23.2 Å². The van der Waals surface area contributed by atoms with Gasteiger partial charge in [0.1, 0.15) is 0 Å². The van der Waals surface area contributed by atoms with Crippen LogP contribution in [0.1, 0.15) is 41.7 Å². The number of rotatable bonds is 7. The molecule has 0 saturated heterocycles. The zero-order chi connectivity index (χ0) is 24.1. The van der Waals surface area contributed by atoms with Gasteiger partial charge < -0.3 is 24.8 Å². The minimum absolute atomic E-state index is 0.134. The number of halogens is 2. The SMILES string of the molecule is CCCC1=C(C(=O)OC)C(c2ccc(OC(=O)c3ccc(Cl)cc3Cl)c(OC)c2)NC(=O)N1. The average molecular weight is 493 g/mol. The Bertz CT molecular complexity index is 1130.